The molecular formula is C28H36F3N7O3. The third-order valence-corrected chi connectivity index (χ3v) is 7.90. The van der Waals surface area contributed by atoms with Crippen molar-refractivity contribution in [3.05, 3.63) is 47.9 Å². The van der Waals surface area contributed by atoms with Crippen LogP contribution in [0.2, 0.25) is 0 Å². The van der Waals surface area contributed by atoms with Crippen LogP contribution in [0.15, 0.2) is 35.4 Å². The van der Waals surface area contributed by atoms with Crippen LogP contribution < -0.4 is 15.5 Å². The van der Waals surface area contributed by atoms with Crippen molar-refractivity contribution < 1.29 is 27.2 Å². The average molecular weight is 576 g/mol. The number of halogens is 3. The van der Waals surface area contributed by atoms with E-state index in [4.69, 9.17) is 9.26 Å². The zero-order valence-corrected chi connectivity index (χ0v) is 23.3. The Bertz CT molecular complexity index is 1350. The Morgan fingerprint density at radius 1 is 1.27 bits per heavy atom. The summed E-state index contributed by atoms with van der Waals surface area (Å²) >= 11 is 0. The molecule has 0 spiro atoms. The van der Waals surface area contributed by atoms with Crippen LogP contribution in [0.3, 0.4) is 0 Å². The van der Waals surface area contributed by atoms with Crippen molar-refractivity contribution in [2.75, 3.05) is 49.5 Å². The van der Waals surface area contributed by atoms with Gasteiger partial charge in [-0.2, -0.15) is 18.3 Å². The molecule has 1 aromatic carbocycles. The summed E-state index contributed by atoms with van der Waals surface area (Å²) in [5.41, 5.74) is 1.65. The minimum atomic E-state index is -4.47. The first-order valence-electron chi connectivity index (χ1n) is 13.9. The number of ether oxygens (including phenoxy) is 1. The van der Waals surface area contributed by atoms with Gasteiger partial charge in [0.25, 0.3) is 0 Å². The van der Waals surface area contributed by atoms with Crippen LogP contribution in [-0.2, 0) is 15.7 Å². The number of hydrogen-bond acceptors (Lipinski definition) is 8. The number of nitrogens with zero attached hydrogens (tertiary/aromatic N) is 4. The topological polar surface area (TPSA) is 112 Å². The van der Waals surface area contributed by atoms with E-state index in [2.05, 4.69) is 42.4 Å². The molecule has 2 saturated heterocycles. The molecule has 2 unspecified atom stereocenters. The van der Waals surface area contributed by atoms with Crippen molar-refractivity contribution in [3.63, 3.8) is 0 Å². The number of carbonyl (C=O) groups is 1. The summed E-state index contributed by atoms with van der Waals surface area (Å²) in [5.74, 6) is 0.729. The highest BCUT2D eigenvalue weighted by Crippen LogP contribution is 2.33. The van der Waals surface area contributed by atoms with Gasteiger partial charge in [0, 0.05) is 37.6 Å². The number of H-pyrrole nitrogens is 1. The number of rotatable bonds is 9. The molecule has 222 valence electrons. The predicted octanol–water partition coefficient (Wildman–Crippen LogP) is 4.03. The molecule has 13 heteroatoms. The standard InChI is InChI=1S/C28H36F3N7O3/c1-4-12-40-24-16-38(20-6-5-10-37(11-9-20)26-17(2)36-41-18(26)3)15-23(24)33-25(39)14-32-27-21-13-19(28(29,30)31)7-8-22(21)34-35-27/h4,7-8,13,20,23-24H,1,5-6,9-12,14-16H2,2-3H3,(H,33,39)(H2,32,34,35)/t20?,23?,24-/m0/s1. The largest absolute Gasteiger partial charge is 0.416 e. The minimum absolute atomic E-state index is 0.142. The third kappa shape index (κ3) is 6.51. The molecule has 0 bridgehead atoms. The molecule has 2 aliphatic rings. The highest BCUT2D eigenvalue weighted by molar-refractivity contribution is 5.92. The molecular weight excluding hydrogens is 539 g/mol. The smallest absolute Gasteiger partial charge is 0.371 e. The zero-order chi connectivity index (χ0) is 29.1. The molecule has 3 aromatic rings. The molecule has 3 N–H and O–H groups in total. The second-order valence-corrected chi connectivity index (χ2v) is 10.7. The number of aryl methyl sites for hydroxylation is 2. The molecule has 0 radical (unpaired) electrons. The molecule has 3 atom stereocenters. The van der Waals surface area contributed by atoms with Gasteiger partial charge in [-0.1, -0.05) is 11.2 Å². The van der Waals surface area contributed by atoms with Crippen LogP contribution in [0.1, 0.15) is 36.3 Å². The van der Waals surface area contributed by atoms with Crippen molar-refractivity contribution in [2.45, 2.75) is 57.5 Å². The van der Waals surface area contributed by atoms with Gasteiger partial charge in [-0.15, -0.1) is 6.58 Å². The SMILES string of the molecule is C=CCO[C@H]1CN(C2CCCN(c3c(C)noc3C)CC2)CC1NC(=O)CNc1n[nH]c2ccc(C(F)(F)F)cc12. The molecule has 2 fully saturated rings. The van der Waals surface area contributed by atoms with Crippen LogP contribution in [-0.4, -0.2) is 83.7 Å². The van der Waals surface area contributed by atoms with E-state index < -0.39 is 11.7 Å². The number of anilines is 2. The molecule has 2 aromatic heterocycles. The van der Waals surface area contributed by atoms with Gasteiger partial charge in [0.05, 0.1) is 36.4 Å². The number of hydrogen-bond donors (Lipinski definition) is 3. The van der Waals surface area contributed by atoms with E-state index in [0.717, 1.165) is 61.6 Å². The third-order valence-electron chi connectivity index (χ3n) is 7.90. The number of aromatic amines is 1. The van der Waals surface area contributed by atoms with Gasteiger partial charge in [0.2, 0.25) is 5.91 Å². The van der Waals surface area contributed by atoms with Gasteiger partial charge in [-0.3, -0.25) is 14.8 Å². The maximum Gasteiger partial charge on any atom is 0.416 e. The molecule has 0 aliphatic carbocycles. The number of alkyl halides is 3. The zero-order valence-electron chi connectivity index (χ0n) is 23.3. The van der Waals surface area contributed by atoms with Gasteiger partial charge >= 0.3 is 6.18 Å². The number of amides is 1. The fraction of sp³-hybridized carbons (Fsp3) is 0.536. The number of fused-ring (bicyclic) bond motifs is 1. The highest BCUT2D eigenvalue weighted by atomic mass is 19.4. The number of carbonyl (C=O) groups excluding carboxylic acids is 1. The number of likely N-dealkylation sites (tertiary alicyclic amines) is 1. The summed E-state index contributed by atoms with van der Waals surface area (Å²) in [7, 11) is 0. The van der Waals surface area contributed by atoms with Crippen molar-refractivity contribution >= 4 is 28.3 Å². The molecule has 1 amide bonds. The second kappa shape index (κ2) is 12.1. The van der Waals surface area contributed by atoms with Gasteiger partial charge in [-0.05, 0) is 51.3 Å². The van der Waals surface area contributed by atoms with Crippen molar-refractivity contribution in [2.24, 2.45) is 0 Å². The molecule has 5 rings (SSSR count). The van der Waals surface area contributed by atoms with E-state index in [1.807, 2.05) is 13.8 Å². The monoisotopic (exact) mass is 575 g/mol. The molecule has 10 nitrogen and oxygen atoms in total. The van der Waals surface area contributed by atoms with Gasteiger partial charge in [-0.25, -0.2) is 0 Å². The van der Waals surface area contributed by atoms with Crippen LogP contribution in [0.25, 0.3) is 10.9 Å². The van der Waals surface area contributed by atoms with Gasteiger partial charge in [0.15, 0.2) is 11.6 Å². The summed E-state index contributed by atoms with van der Waals surface area (Å²) in [4.78, 5) is 17.7. The van der Waals surface area contributed by atoms with Gasteiger partial charge < -0.3 is 24.8 Å². The van der Waals surface area contributed by atoms with Crippen molar-refractivity contribution in [3.8, 4) is 0 Å². The lowest BCUT2D eigenvalue weighted by Gasteiger charge is -2.27. The summed E-state index contributed by atoms with van der Waals surface area (Å²) in [6, 6.07) is 3.45. The second-order valence-electron chi connectivity index (χ2n) is 10.7. The average Bonchev–Trinajstić information content (AvgIpc) is 3.57. The molecule has 2 aliphatic heterocycles. The molecule has 0 saturated carbocycles. The summed E-state index contributed by atoms with van der Waals surface area (Å²) in [5, 5.41) is 17.1. The lowest BCUT2D eigenvalue weighted by molar-refractivity contribution is -0.137. The predicted molar refractivity (Wildman–Crippen MR) is 149 cm³/mol. The van der Waals surface area contributed by atoms with E-state index in [1.54, 1.807) is 6.08 Å². The fourth-order valence-corrected chi connectivity index (χ4v) is 5.94. The van der Waals surface area contributed by atoms with E-state index in [1.165, 1.54) is 6.07 Å². The Labute approximate surface area is 236 Å². The first kappa shape index (κ1) is 28.9. The Balaban J connectivity index is 1.20. The van der Waals surface area contributed by atoms with E-state index in [0.29, 0.717) is 31.3 Å². The lowest BCUT2D eigenvalue weighted by Crippen LogP contribution is -2.46. The Kier molecular flexibility index (Phi) is 8.55. The van der Waals surface area contributed by atoms with E-state index in [9.17, 15) is 18.0 Å². The number of nitrogens with one attached hydrogen (secondary N) is 3. The maximum absolute atomic E-state index is 13.2. The van der Waals surface area contributed by atoms with E-state index >= 15 is 0 Å². The van der Waals surface area contributed by atoms with Crippen LogP contribution in [0.5, 0.6) is 0 Å². The van der Waals surface area contributed by atoms with Crippen molar-refractivity contribution in [1.82, 2.24) is 25.6 Å². The summed E-state index contributed by atoms with van der Waals surface area (Å²) in [6.45, 7) is 11.0. The first-order chi connectivity index (χ1) is 19.6. The van der Waals surface area contributed by atoms with Crippen LogP contribution in [0, 0.1) is 13.8 Å². The first-order valence-corrected chi connectivity index (χ1v) is 13.9. The highest BCUT2D eigenvalue weighted by Gasteiger charge is 2.38. The minimum Gasteiger partial charge on any atom is -0.371 e. The normalized spacial score (nSPS) is 22.2. The molecule has 4 heterocycles. The van der Waals surface area contributed by atoms with Gasteiger partial charge in [0.1, 0.15) is 11.4 Å². The summed E-state index contributed by atoms with van der Waals surface area (Å²) in [6.07, 6.45) is 0.0273. The summed E-state index contributed by atoms with van der Waals surface area (Å²) < 4.78 is 50.9. The van der Waals surface area contributed by atoms with Crippen LogP contribution in [0.4, 0.5) is 24.7 Å². The quantitative estimate of drug-likeness (QED) is 0.328. The van der Waals surface area contributed by atoms with E-state index in [-0.39, 0.29) is 35.8 Å². The maximum atomic E-state index is 13.2. The lowest BCUT2D eigenvalue weighted by atomic mass is 10.1. The Morgan fingerprint density at radius 3 is 2.83 bits per heavy atom. The molecule has 41 heavy (non-hydrogen) atoms. The fourth-order valence-electron chi connectivity index (χ4n) is 5.94. The Morgan fingerprint density at radius 2 is 2.10 bits per heavy atom. The Hall–Kier alpha value is -3.58. The number of benzene rings is 1. The number of aromatic nitrogens is 3. The van der Waals surface area contributed by atoms with Crippen LogP contribution >= 0.6 is 0 Å². The van der Waals surface area contributed by atoms with Crippen molar-refractivity contribution in [1.29, 1.82) is 0 Å².